The minimum absolute atomic E-state index is 0.0438. The molecule has 2 aliphatic heterocycles. The molecule has 2 amide bonds. The summed E-state index contributed by atoms with van der Waals surface area (Å²) in [6.45, 7) is 4.85. The van der Waals surface area contributed by atoms with E-state index in [4.69, 9.17) is 16.6 Å². The van der Waals surface area contributed by atoms with Crippen molar-refractivity contribution in [1.29, 1.82) is 0 Å². The zero-order chi connectivity index (χ0) is 25.0. The second-order valence-corrected chi connectivity index (χ2v) is 10.6. The Balaban J connectivity index is 1.34. The number of carbonyl (C=O) groups is 2. The Labute approximate surface area is 216 Å². The van der Waals surface area contributed by atoms with Gasteiger partial charge in [-0.05, 0) is 49.4 Å². The number of hydrogen-bond donors (Lipinski definition) is 3. The fourth-order valence-electron chi connectivity index (χ4n) is 4.94. The van der Waals surface area contributed by atoms with E-state index in [1.807, 2.05) is 43.3 Å². The number of pyridine rings is 1. The maximum absolute atomic E-state index is 12.7. The van der Waals surface area contributed by atoms with Gasteiger partial charge in [-0.25, -0.2) is 9.78 Å². The van der Waals surface area contributed by atoms with Crippen molar-refractivity contribution < 1.29 is 14.7 Å². The van der Waals surface area contributed by atoms with Crippen LogP contribution in [-0.4, -0.2) is 65.8 Å². The number of fused-ring (bicyclic) bond motifs is 5. The molecule has 2 aromatic carbocycles. The molecule has 3 N–H and O–H groups in total. The molecule has 184 valence electrons. The van der Waals surface area contributed by atoms with Crippen LogP contribution in [0.2, 0.25) is 5.02 Å². The van der Waals surface area contributed by atoms with Crippen LogP contribution in [0.15, 0.2) is 42.5 Å². The summed E-state index contributed by atoms with van der Waals surface area (Å²) >= 11 is 8.20. The van der Waals surface area contributed by atoms with Gasteiger partial charge in [0.2, 0.25) is 0 Å². The molecule has 10 heteroatoms. The molecule has 1 fully saturated rings. The van der Waals surface area contributed by atoms with Gasteiger partial charge in [-0.1, -0.05) is 11.6 Å². The largest absolute Gasteiger partial charge is 0.465 e. The summed E-state index contributed by atoms with van der Waals surface area (Å²) in [5.74, 6) is -0.0438. The number of amides is 2. The van der Waals surface area contributed by atoms with E-state index in [2.05, 4.69) is 21.6 Å². The average molecular weight is 522 g/mol. The molecule has 0 radical (unpaired) electrons. The highest BCUT2D eigenvalue weighted by molar-refractivity contribution is 7.21. The summed E-state index contributed by atoms with van der Waals surface area (Å²) in [4.78, 5) is 33.1. The summed E-state index contributed by atoms with van der Waals surface area (Å²) in [7, 11) is 0. The number of rotatable bonds is 2. The Hall–Kier alpha value is -3.56. The van der Waals surface area contributed by atoms with E-state index < -0.39 is 6.09 Å². The van der Waals surface area contributed by atoms with Crippen molar-refractivity contribution in [3.05, 3.63) is 52.4 Å². The molecule has 0 saturated carbocycles. The molecule has 0 bridgehead atoms. The third kappa shape index (κ3) is 3.88. The van der Waals surface area contributed by atoms with Gasteiger partial charge in [-0.2, -0.15) is 0 Å². The first-order valence-electron chi connectivity index (χ1n) is 11.8. The first-order valence-corrected chi connectivity index (χ1v) is 13.0. The van der Waals surface area contributed by atoms with Crippen LogP contribution in [-0.2, 0) is 0 Å². The third-order valence-electron chi connectivity index (χ3n) is 6.83. The van der Waals surface area contributed by atoms with Gasteiger partial charge in [0.1, 0.15) is 4.88 Å². The van der Waals surface area contributed by atoms with E-state index in [-0.39, 0.29) is 11.9 Å². The first-order chi connectivity index (χ1) is 17.4. The van der Waals surface area contributed by atoms with Gasteiger partial charge in [0.05, 0.1) is 21.9 Å². The molecule has 0 aliphatic carbocycles. The number of nitrogens with one attached hydrogen (secondary N) is 2. The summed E-state index contributed by atoms with van der Waals surface area (Å²) < 4.78 is 1.05. The topological polar surface area (TPSA) is 97.8 Å². The molecule has 4 heterocycles. The molecule has 4 aromatic rings. The molecule has 6 rings (SSSR count). The van der Waals surface area contributed by atoms with E-state index in [0.717, 1.165) is 43.6 Å². The van der Waals surface area contributed by atoms with Crippen LogP contribution in [0.5, 0.6) is 0 Å². The van der Waals surface area contributed by atoms with Crippen LogP contribution in [0.1, 0.15) is 16.6 Å². The monoisotopic (exact) mass is 521 g/mol. The summed E-state index contributed by atoms with van der Waals surface area (Å²) in [5.41, 5.74) is 4.29. The normalized spacial score (nSPS) is 18.1. The van der Waals surface area contributed by atoms with Crippen LogP contribution >= 0.6 is 22.9 Å². The standard InChI is InChI=1S/C26H24ClN5O3S/c1-14-13-28-23-22-17-4-5-19(30-20(17)6-7-21(22)36-24(23)25(33)29-14)16-3-2-15(12-18(16)27)31-8-10-32(11-9-31)26(34)35/h2-7,12,14,28H,8-11,13H2,1H3,(H,29,33)(H,34,35)/t14-/m1/s1. The van der Waals surface area contributed by atoms with Crippen molar-refractivity contribution >= 4 is 67.3 Å². The second kappa shape index (κ2) is 8.83. The van der Waals surface area contributed by atoms with Crippen molar-refractivity contribution in [1.82, 2.24) is 15.2 Å². The van der Waals surface area contributed by atoms with Crippen molar-refractivity contribution in [2.45, 2.75) is 13.0 Å². The van der Waals surface area contributed by atoms with Gasteiger partial charge in [-0.3, -0.25) is 4.79 Å². The molecule has 2 aromatic heterocycles. The zero-order valence-electron chi connectivity index (χ0n) is 19.5. The van der Waals surface area contributed by atoms with E-state index in [9.17, 15) is 14.7 Å². The summed E-state index contributed by atoms with van der Waals surface area (Å²) in [5, 5.41) is 18.3. The van der Waals surface area contributed by atoms with Gasteiger partial charge in [0.15, 0.2) is 0 Å². The molecule has 1 saturated heterocycles. The Morgan fingerprint density at radius 3 is 2.69 bits per heavy atom. The number of carboxylic acid groups (broad SMARTS) is 1. The Morgan fingerprint density at radius 1 is 1.14 bits per heavy atom. The number of thiophene rings is 1. The number of nitrogens with zero attached hydrogens (tertiary/aromatic N) is 3. The van der Waals surface area contributed by atoms with E-state index in [0.29, 0.717) is 42.6 Å². The van der Waals surface area contributed by atoms with Crippen molar-refractivity contribution in [3.8, 4) is 11.3 Å². The number of benzene rings is 2. The second-order valence-electron chi connectivity index (χ2n) is 9.18. The van der Waals surface area contributed by atoms with E-state index in [1.54, 1.807) is 0 Å². The summed E-state index contributed by atoms with van der Waals surface area (Å²) in [6, 6.07) is 14.0. The van der Waals surface area contributed by atoms with Crippen molar-refractivity contribution in [3.63, 3.8) is 0 Å². The van der Waals surface area contributed by atoms with Crippen LogP contribution in [0.3, 0.4) is 0 Å². The van der Waals surface area contributed by atoms with Crippen LogP contribution < -0.4 is 15.5 Å². The molecule has 2 aliphatic rings. The molecular weight excluding hydrogens is 498 g/mol. The molecule has 0 spiro atoms. The van der Waals surface area contributed by atoms with Gasteiger partial charge < -0.3 is 25.5 Å². The highest BCUT2D eigenvalue weighted by Gasteiger charge is 2.25. The molecule has 0 unspecified atom stereocenters. The molecular formula is C26H24ClN5O3S. The van der Waals surface area contributed by atoms with Crippen molar-refractivity contribution in [2.24, 2.45) is 0 Å². The number of aromatic nitrogens is 1. The number of carbonyl (C=O) groups excluding carboxylic acids is 1. The predicted octanol–water partition coefficient (Wildman–Crippen LogP) is 5.11. The zero-order valence-corrected chi connectivity index (χ0v) is 21.1. The van der Waals surface area contributed by atoms with E-state index >= 15 is 0 Å². The van der Waals surface area contributed by atoms with E-state index in [1.165, 1.54) is 16.2 Å². The third-order valence-corrected chi connectivity index (χ3v) is 8.30. The van der Waals surface area contributed by atoms with Crippen LogP contribution in [0.4, 0.5) is 16.2 Å². The molecule has 1 atom stereocenters. The van der Waals surface area contributed by atoms with Gasteiger partial charge >= 0.3 is 6.09 Å². The van der Waals surface area contributed by atoms with Crippen molar-refractivity contribution in [2.75, 3.05) is 42.9 Å². The summed E-state index contributed by atoms with van der Waals surface area (Å²) in [6.07, 6.45) is -0.880. The fraction of sp³-hybridized carbons (Fsp3) is 0.269. The number of hydrogen-bond acceptors (Lipinski definition) is 6. The van der Waals surface area contributed by atoms with Gasteiger partial charge in [0.25, 0.3) is 5.91 Å². The lowest BCUT2D eigenvalue weighted by Crippen LogP contribution is -2.48. The van der Waals surface area contributed by atoms with Gasteiger partial charge in [0, 0.05) is 65.5 Å². The molecule has 8 nitrogen and oxygen atoms in total. The first kappa shape index (κ1) is 22.9. The number of piperazine rings is 1. The molecule has 36 heavy (non-hydrogen) atoms. The average Bonchev–Trinajstić information content (AvgIpc) is 3.20. The maximum atomic E-state index is 12.7. The Morgan fingerprint density at radius 2 is 1.94 bits per heavy atom. The smallest absolute Gasteiger partial charge is 0.407 e. The minimum atomic E-state index is -0.880. The maximum Gasteiger partial charge on any atom is 0.407 e. The lowest BCUT2D eigenvalue weighted by molar-refractivity contribution is 0.0949. The number of halogens is 1. The fourth-order valence-corrected chi connectivity index (χ4v) is 6.31. The van der Waals surface area contributed by atoms with Crippen LogP contribution in [0.25, 0.3) is 32.2 Å². The van der Waals surface area contributed by atoms with Gasteiger partial charge in [-0.15, -0.1) is 11.3 Å². The Kier molecular flexibility index (Phi) is 5.61. The minimum Gasteiger partial charge on any atom is -0.465 e. The SMILES string of the molecule is C[C@@H]1CNc2c(sc3ccc4nc(-c5ccc(N6CCN(C(=O)O)CC6)cc5Cl)ccc4c23)C(=O)N1. The quantitative estimate of drug-likeness (QED) is 0.339. The lowest BCUT2D eigenvalue weighted by atomic mass is 10.1. The van der Waals surface area contributed by atoms with Crippen LogP contribution in [0, 0.1) is 0 Å². The predicted molar refractivity (Wildman–Crippen MR) is 145 cm³/mol. The highest BCUT2D eigenvalue weighted by atomic mass is 35.5. The lowest BCUT2D eigenvalue weighted by Gasteiger charge is -2.34. The number of anilines is 2. The highest BCUT2D eigenvalue weighted by Crippen LogP contribution is 2.41. The Bertz CT molecular complexity index is 1530.